The maximum absolute atomic E-state index is 10.6. The molecule has 0 aliphatic rings. The maximum atomic E-state index is 10.6. The van der Waals surface area contributed by atoms with Crippen LogP contribution in [0.25, 0.3) is 0 Å². The predicted molar refractivity (Wildman–Crippen MR) is 73.8 cm³/mol. The van der Waals surface area contributed by atoms with Crippen molar-refractivity contribution in [3.63, 3.8) is 0 Å². The predicted octanol–water partition coefficient (Wildman–Crippen LogP) is 3.70. The molecular weight excluding hydrogens is 230 g/mol. The summed E-state index contributed by atoms with van der Waals surface area (Å²) >= 11 is 0. The summed E-state index contributed by atoms with van der Waals surface area (Å²) in [6.07, 6.45) is 2.81. The molecule has 4 nitrogen and oxygen atoms in total. The van der Waals surface area contributed by atoms with Gasteiger partial charge in [0, 0.05) is 0 Å². The minimum atomic E-state index is -1.03. The first-order chi connectivity index (χ1) is 8.18. The molecule has 0 aromatic carbocycles. The Labute approximate surface area is 110 Å². The Kier molecular flexibility index (Phi) is 6.96. The molecule has 0 saturated carbocycles. The minimum Gasteiger partial charge on any atom is -0.477 e. The monoisotopic (exact) mass is 257 g/mol. The van der Waals surface area contributed by atoms with Crippen molar-refractivity contribution in [3.8, 4) is 0 Å². The van der Waals surface area contributed by atoms with Crippen molar-refractivity contribution in [2.24, 2.45) is 16.5 Å². The Morgan fingerprint density at radius 2 is 1.89 bits per heavy atom. The zero-order valence-electron chi connectivity index (χ0n) is 12.5. The molecule has 0 fully saturated rings. The lowest BCUT2D eigenvalue weighted by atomic mass is 9.79. The van der Waals surface area contributed by atoms with Crippen molar-refractivity contribution in [1.82, 2.24) is 0 Å². The first-order valence-electron chi connectivity index (χ1n) is 6.62. The quantitative estimate of drug-likeness (QED) is 0.558. The van der Waals surface area contributed by atoms with Gasteiger partial charge in [0.2, 0.25) is 0 Å². The third kappa shape index (κ3) is 6.62. The highest BCUT2D eigenvalue weighted by molar-refractivity contribution is 6.34. The van der Waals surface area contributed by atoms with Crippen LogP contribution in [0.2, 0.25) is 0 Å². The summed E-state index contributed by atoms with van der Waals surface area (Å²) in [6, 6.07) is 0. The number of hydrogen-bond acceptors (Lipinski definition) is 3. The highest BCUT2D eigenvalue weighted by Gasteiger charge is 2.21. The molecule has 18 heavy (non-hydrogen) atoms. The molecule has 0 aromatic rings. The normalized spacial score (nSPS) is 16.2. The second-order valence-electron chi connectivity index (χ2n) is 5.96. The SMILES string of the molecule is CCC(CCC(C)C(C)(C)C)O/N=C(\C)C(=O)O. The Morgan fingerprint density at radius 1 is 1.33 bits per heavy atom. The van der Waals surface area contributed by atoms with E-state index in [-0.39, 0.29) is 11.8 Å². The molecule has 2 unspecified atom stereocenters. The van der Waals surface area contributed by atoms with Crippen molar-refractivity contribution in [2.75, 3.05) is 0 Å². The fourth-order valence-electron chi connectivity index (χ4n) is 1.39. The van der Waals surface area contributed by atoms with Gasteiger partial charge in [-0.15, -0.1) is 0 Å². The van der Waals surface area contributed by atoms with E-state index in [0.717, 1.165) is 19.3 Å². The van der Waals surface area contributed by atoms with E-state index in [1.165, 1.54) is 6.92 Å². The molecule has 0 aliphatic carbocycles. The molecule has 0 aromatic heterocycles. The Bertz CT molecular complexity index is 292. The van der Waals surface area contributed by atoms with Gasteiger partial charge in [-0.3, -0.25) is 0 Å². The third-order valence-corrected chi connectivity index (χ3v) is 3.50. The van der Waals surface area contributed by atoms with Crippen LogP contribution in [0.1, 0.15) is 60.8 Å². The average molecular weight is 257 g/mol. The van der Waals surface area contributed by atoms with E-state index < -0.39 is 5.97 Å². The van der Waals surface area contributed by atoms with Gasteiger partial charge in [-0.2, -0.15) is 0 Å². The molecule has 0 saturated heterocycles. The lowest BCUT2D eigenvalue weighted by molar-refractivity contribution is -0.129. The Hall–Kier alpha value is -1.06. The molecule has 0 bridgehead atoms. The van der Waals surface area contributed by atoms with Crippen LogP contribution in [0.5, 0.6) is 0 Å². The van der Waals surface area contributed by atoms with Crippen molar-refractivity contribution >= 4 is 11.7 Å². The summed E-state index contributed by atoms with van der Waals surface area (Å²) in [5.74, 6) is -0.437. The molecule has 0 spiro atoms. The first kappa shape index (κ1) is 16.9. The van der Waals surface area contributed by atoms with E-state index in [2.05, 4.69) is 32.9 Å². The van der Waals surface area contributed by atoms with Crippen LogP contribution < -0.4 is 0 Å². The molecule has 0 rings (SSSR count). The topological polar surface area (TPSA) is 58.9 Å². The van der Waals surface area contributed by atoms with Crippen LogP contribution in [0.15, 0.2) is 5.16 Å². The maximum Gasteiger partial charge on any atom is 0.353 e. The molecule has 0 aliphatic heterocycles. The zero-order chi connectivity index (χ0) is 14.3. The van der Waals surface area contributed by atoms with Crippen LogP contribution in [0.3, 0.4) is 0 Å². The van der Waals surface area contributed by atoms with E-state index in [9.17, 15) is 4.79 Å². The van der Waals surface area contributed by atoms with Gasteiger partial charge in [-0.05, 0) is 37.5 Å². The number of aliphatic carboxylic acids is 1. The summed E-state index contributed by atoms with van der Waals surface area (Å²) in [6.45, 7) is 12.4. The van der Waals surface area contributed by atoms with E-state index in [4.69, 9.17) is 9.94 Å². The molecule has 4 heteroatoms. The number of hydrogen-bond donors (Lipinski definition) is 1. The molecule has 0 amide bonds. The molecule has 0 radical (unpaired) electrons. The summed E-state index contributed by atoms with van der Waals surface area (Å²) in [7, 11) is 0. The van der Waals surface area contributed by atoms with Gasteiger partial charge >= 0.3 is 5.97 Å². The summed E-state index contributed by atoms with van der Waals surface area (Å²) in [5, 5.41) is 12.3. The molecule has 2 atom stereocenters. The second-order valence-corrected chi connectivity index (χ2v) is 5.96. The lowest BCUT2D eigenvalue weighted by Crippen LogP contribution is -2.20. The van der Waals surface area contributed by atoms with Gasteiger partial charge in [-0.25, -0.2) is 4.79 Å². The lowest BCUT2D eigenvalue weighted by Gasteiger charge is -2.28. The summed E-state index contributed by atoms with van der Waals surface area (Å²) in [4.78, 5) is 15.9. The third-order valence-electron chi connectivity index (χ3n) is 3.50. The van der Waals surface area contributed by atoms with Crippen molar-refractivity contribution in [3.05, 3.63) is 0 Å². The van der Waals surface area contributed by atoms with Crippen LogP contribution >= 0.6 is 0 Å². The number of rotatable bonds is 7. The fraction of sp³-hybridized carbons (Fsp3) is 0.857. The van der Waals surface area contributed by atoms with E-state index in [1.54, 1.807) is 0 Å². The van der Waals surface area contributed by atoms with Crippen molar-refractivity contribution in [2.45, 2.75) is 66.9 Å². The van der Waals surface area contributed by atoms with Gasteiger partial charge in [0.15, 0.2) is 5.71 Å². The highest BCUT2D eigenvalue weighted by Crippen LogP contribution is 2.30. The Balaban J connectivity index is 4.21. The van der Waals surface area contributed by atoms with Gasteiger partial charge in [0.1, 0.15) is 6.10 Å². The van der Waals surface area contributed by atoms with Crippen LogP contribution in [-0.4, -0.2) is 22.9 Å². The minimum absolute atomic E-state index is 0.00248. The van der Waals surface area contributed by atoms with Crippen LogP contribution in [-0.2, 0) is 9.63 Å². The summed E-state index contributed by atoms with van der Waals surface area (Å²) < 4.78 is 0. The molecule has 106 valence electrons. The van der Waals surface area contributed by atoms with Gasteiger partial charge < -0.3 is 9.94 Å². The number of carboxylic acids is 1. The smallest absolute Gasteiger partial charge is 0.353 e. The van der Waals surface area contributed by atoms with E-state index in [0.29, 0.717) is 11.3 Å². The van der Waals surface area contributed by atoms with Crippen LogP contribution in [0, 0.1) is 11.3 Å². The number of carboxylic acid groups (broad SMARTS) is 1. The number of nitrogens with zero attached hydrogens (tertiary/aromatic N) is 1. The van der Waals surface area contributed by atoms with Gasteiger partial charge in [0.25, 0.3) is 0 Å². The van der Waals surface area contributed by atoms with E-state index >= 15 is 0 Å². The van der Waals surface area contributed by atoms with E-state index in [1.807, 2.05) is 6.92 Å². The first-order valence-corrected chi connectivity index (χ1v) is 6.62. The number of carbonyl (C=O) groups is 1. The van der Waals surface area contributed by atoms with Crippen molar-refractivity contribution in [1.29, 1.82) is 0 Å². The Morgan fingerprint density at radius 3 is 2.28 bits per heavy atom. The standard InChI is InChI=1S/C14H27NO3/c1-7-12(18-15-11(3)13(16)17)9-8-10(2)14(4,5)6/h10,12H,7-9H2,1-6H3,(H,16,17)/b15-11+. The largest absolute Gasteiger partial charge is 0.477 e. The number of oxime groups is 1. The van der Waals surface area contributed by atoms with Gasteiger partial charge in [-0.1, -0.05) is 39.8 Å². The van der Waals surface area contributed by atoms with Crippen LogP contribution in [0.4, 0.5) is 0 Å². The molecule has 1 N–H and O–H groups in total. The fourth-order valence-corrected chi connectivity index (χ4v) is 1.39. The second kappa shape index (κ2) is 7.39. The average Bonchev–Trinajstić information content (AvgIpc) is 2.26. The zero-order valence-corrected chi connectivity index (χ0v) is 12.5. The molecular formula is C14H27NO3. The van der Waals surface area contributed by atoms with Crippen molar-refractivity contribution < 1.29 is 14.7 Å². The van der Waals surface area contributed by atoms with Gasteiger partial charge in [0.05, 0.1) is 0 Å². The highest BCUT2D eigenvalue weighted by atomic mass is 16.6. The molecule has 0 heterocycles. The summed E-state index contributed by atoms with van der Waals surface area (Å²) in [5.41, 5.74) is 0.288.